The van der Waals surface area contributed by atoms with Gasteiger partial charge in [-0.1, -0.05) is 23.7 Å². The number of anilines is 5. The van der Waals surface area contributed by atoms with Gasteiger partial charge in [0.2, 0.25) is 16.0 Å². The monoisotopic (exact) mass is 538 g/mol. The molecular weight excluding hydrogens is 512 g/mol. The van der Waals surface area contributed by atoms with Gasteiger partial charge in [-0.25, -0.2) is 17.4 Å². The molecule has 2 N–H and O–H groups in total. The second kappa shape index (κ2) is 9.42. The van der Waals surface area contributed by atoms with E-state index >= 15 is 0 Å². The summed E-state index contributed by atoms with van der Waals surface area (Å²) in [7, 11) is -3.49. The molecule has 0 spiro atoms. The lowest BCUT2D eigenvalue weighted by Crippen LogP contribution is -2.29. The van der Waals surface area contributed by atoms with Gasteiger partial charge in [0.05, 0.1) is 36.0 Å². The first-order valence-corrected chi connectivity index (χ1v) is 14.5. The molecule has 2 aromatic carbocycles. The van der Waals surface area contributed by atoms with E-state index in [2.05, 4.69) is 37.6 Å². The van der Waals surface area contributed by atoms with E-state index in [-0.39, 0.29) is 0 Å². The molecule has 0 unspecified atom stereocenters. The number of hydrogen-bond acceptors (Lipinski definition) is 8. The summed E-state index contributed by atoms with van der Waals surface area (Å²) < 4.78 is 31.9. The van der Waals surface area contributed by atoms with Crippen molar-refractivity contribution in [2.45, 2.75) is 25.7 Å². The molecule has 0 saturated carbocycles. The molecule has 0 amide bonds. The number of para-hydroxylation sites is 1. The molecular formula is C26H27ClN6O3S. The predicted molar refractivity (Wildman–Crippen MR) is 147 cm³/mol. The minimum absolute atomic E-state index is 0.314. The molecule has 2 aliphatic heterocycles. The summed E-state index contributed by atoms with van der Waals surface area (Å²) in [6.07, 6.45) is 8.71. The fourth-order valence-electron chi connectivity index (χ4n) is 5.09. The fourth-order valence-corrected chi connectivity index (χ4v) is 6.04. The van der Waals surface area contributed by atoms with Crippen LogP contribution in [0.1, 0.15) is 24.8 Å². The van der Waals surface area contributed by atoms with Gasteiger partial charge < -0.3 is 20.3 Å². The summed E-state index contributed by atoms with van der Waals surface area (Å²) in [5.74, 6) is 1.68. The van der Waals surface area contributed by atoms with Gasteiger partial charge in [-0.2, -0.15) is 4.98 Å². The van der Waals surface area contributed by atoms with Crippen LogP contribution in [0.2, 0.25) is 5.02 Å². The molecule has 37 heavy (non-hydrogen) atoms. The number of benzene rings is 2. The highest BCUT2D eigenvalue weighted by molar-refractivity contribution is 7.89. The van der Waals surface area contributed by atoms with Crippen LogP contribution in [0, 0.1) is 0 Å². The van der Waals surface area contributed by atoms with Gasteiger partial charge in [0, 0.05) is 42.3 Å². The molecule has 2 aromatic heterocycles. The normalized spacial score (nSPS) is 15.5. The summed E-state index contributed by atoms with van der Waals surface area (Å²) in [5.41, 5.74) is 4.26. The Morgan fingerprint density at radius 3 is 2.68 bits per heavy atom. The van der Waals surface area contributed by atoms with Crippen molar-refractivity contribution in [2.24, 2.45) is 0 Å². The van der Waals surface area contributed by atoms with E-state index in [1.165, 1.54) is 41.9 Å². The summed E-state index contributed by atoms with van der Waals surface area (Å²) in [4.78, 5) is 11.4. The van der Waals surface area contributed by atoms with Gasteiger partial charge in [0.15, 0.2) is 5.82 Å². The largest absolute Gasteiger partial charge is 0.491 e. The van der Waals surface area contributed by atoms with Crippen molar-refractivity contribution in [1.29, 1.82) is 0 Å². The van der Waals surface area contributed by atoms with E-state index in [1.807, 2.05) is 12.1 Å². The zero-order valence-electron chi connectivity index (χ0n) is 20.4. The van der Waals surface area contributed by atoms with Crippen LogP contribution in [0.3, 0.4) is 0 Å². The molecule has 0 bridgehead atoms. The van der Waals surface area contributed by atoms with Crippen LogP contribution in [-0.4, -0.2) is 48.3 Å². The standard InChI is InChI=1S/C26H27ClN6O3S/c1-37(34,35)33-14-10-17-6-5-7-21(23(17)33)29-25-19(27)16-28-26(31-25)30-20-8-9-22(24-18(20)11-15-36-24)32-12-3-2-4-13-32/h5-10,14,16H,2-4,11-13,15H2,1H3,(H2,28,29,30,31). The maximum Gasteiger partial charge on any atom is 0.236 e. The topological polar surface area (TPSA) is 101 Å². The molecule has 0 radical (unpaired) electrons. The molecule has 1 fully saturated rings. The molecule has 2 aliphatic rings. The van der Waals surface area contributed by atoms with Gasteiger partial charge in [0.1, 0.15) is 10.8 Å². The van der Waals surface area contributed by atoms with Crippen molar-refractivity contribution in [3.05, 3.63) is 59.4 Å². The van der Waals surface area contributed by atoms with E-state index in [4.69, 9.17) is 16.3 Å². The Bertz CT molecular complexity index is 1600. The van der Waals surface area contributed by atoms with E-state index in [1.54, 1.807) is 12.1 Å². The maximum atomic E-state index is 12.3. The zero-order valence-corrected chi connectivity index (χ0v) is 21.9. The Balaban J connectivity index is 1.31. The average Bonchev–Trinajstić information content (AvgIpc) is 3.55. The van der Waals surface area contributed by atoms with Crippen LogP contribution in [0.4, 0.5) is 28.8 Å². The number of hydrogen-bond donors (Lipinski definition) is 2. The van der Waals surface area contributed by atoms with Crippen LogP contribution in [0.15, 0.2) is 48.8 Å². The quantitative estimate of drug-likeness (QED) is 0.341. The zero-order chi connectivity index (χ0) is 25.6. The number of aromatic nitrogens is 3. The summed E-state index contributed by atoms with van der Waals surface area (Å²) in [6.45, 7) is 2.74. The number of ether oxygens (including phenoxy) is 1. The van der Waals surface area contributed by atoms with Crippen LogP contribution >= 0.6 is 11.6 Å². The minimum atomic E-state index is -3.49. The number of piperidine rings is 1. The van der Waals surface area contributed by atoms with E-state index in [0.29, 0.717) is 34.6 Å². The number of nitrogens with zero attached hydrogens (tertiary/aromatic N) is 4. The van der Waals surface area contributed by atoms with E-state index in [0.717, 1.165) is 47.6 Å². The lowest BCUT2D eigenvalue weighted by molar-refractivity contribution is 0.356. The SMILES string of the molecule is CS(=O)(=O)n1ccc2cccc(Nc3nc(Nc4ccc(N5CCCCC5)c5c4CCO5)ncc3Cl)c21. The summed E-state index contributed by atoms with van der Waals surface area (Å²) in [6, 6.07) is 11.4. The van der Waals surface area contributed by atoms with Crippen molar-refractivity contribution >= 4 is 61.4 Å². The van der Waals surface area contributed by atoms with E-state index in [9.17, 15) is 8.42 Å². The van der Waals surface area contributed by atoms with Crippen molar-refractivity contribution in [3.8, 4) is 5.75 Å². The second-order valence-corrected chi connectivity index (χ2v) is 11.6. The number of rotatable bonds is 6. The van der Waals surface area contributed by atoms with Gasteiger partial charge in [-0.3, -0.25) is 0 Å². The second-order valence-electron chi connectivity index (χ2n) is 9.34. The third kappa shape index (κ3) is 4.55. The number of halogens is 1. The highest BCUT2D eigenvalue weighted by atomic mass is 35.5. The highest BCUT2D eigenvalue weighted by Crippen LogP contribution is 2.42. The van der Waals surface area contributed by atoms with Crippen molar-refractivity contribution in [1.82, 2.24) is 13.9 Å². The van der Waals surface area contributed by atoms with Crippen molar-refractivity contribution in [3.63, 3.8) is 0 Å². The Labute approximate surface area is 220 Å². The number of fused-ring (bicyclic) bond motifs is 2. The molecule has 4 aromatic rings. The Kier molecular flexibility index (Phi) is 6.08. The molecule has 0 atom stereocenters. The molecule has 11 heteroatoms. The van der Waals surface area contributed by atoms with Crippen LogP contribution in [0.5, 0.6) is 5.75 Å². The molecule has 0 aliphatic carbocycles. The molecule has 4 heterocycles. The lowest BCUT2D eigenvalue weighted by atomic mass is 10.1. The first kappa shape index (κ1) is 23.9. The molecule has 192 valence electrons. The number of nitrogens with one attached hydrogen (secondary N) is 2. The van der Waals surface area contributed by atoms with Crippen LogP contribution < -0.4 is 20.3 Å². The minimum Gasteiger partial charge on any atom is -0.491 e. The third-order valence-electron chi connectivity index (χ3n) is 6.81. The van der Waals surface area contributed by atoms with E-state index < -0.39 is 10.0 Å². The molecule has 1 saturated heterocycles. The van der Waals surface area contributed by atoms with Crippen molar-refractivity contribution < 1.29 is 13.2 Å². The molecule has 9 nitrogen and oxygen atoms in total. The smallest absolute Gasteiger partial charge is 0.236 e. The highest BCUT2D eigenvalue weighted by Gasteiger charge is 2.25. The van der Waals surface area contributed by atoms with Gasteiger partial charge >= 0.3 is 0 Å². The van der Waals surface area contributed by atoms with Crippen LogP contribution in [0.25, 0.3) is 10.9 Å². The molecule has 6 rings (SSSR count). The Morgan fingerprint density at radius 2 is 1.86 bits per heavy atom. The Hall–Kier alpha value is -3.50. The average molecular weight is 539 g/mol. The first-order valence-electron chi connectivity index (χ1n) is 12.3. The summed E-state index contributed by atoms with van der Waals surface area (Å²) in [5, 5.41) is 7.63. The maximum absolute atomic E-state index is 12.3. The first-order chi connectivity index (χ1) is 17.9. The predicted octanol–water partition coefficient (Wildman–Crippen LogP) is 5.30. The third-order valence-corrected chi connectivity index (χ3v) is 8.11. The van der Waals surface area contributed by atoms with Gasteiger partial charge in [-0.05, 0) is 43.5 Å². The Morgan fingerprint density at radius 1 is 1.03 bits per heavy atom. The van der Waals surface area contributed by atoms with Crippen LogP contribution in [-0.2, 0) is 16.4 Å². The van der Waals surface area contributed by atoms with Gasteiger partial charge in [-0.15, -0.1) is 0 Å². The fraction of sp³-hybridized carbons (Fsp3) is 0.308. The van der Waals surface area contributed by atoms with Gasteiger partial charge in [0.25, 0.3) is 0 Å². The lowest BCUT2D eigenvalue weighted by Gasteiger charge is -2.30. The summed E-state index contributed by atoms with van der Waals surface area (Å²) >= 11 is 6.44. The van der Waals surface area contributed by atoms with Crippen molar-refractivity contribution in [2.75, 3.05) is 41.5 Å².